The molecule has 0 spiro atoms. The van der Waals surface area contributed by atoms with Crippen LogP contribution in [0.1, 0.15) is 32.8 Å². The van der Waals surface area contributed by atoms with Gasteiger partial charge in [-0.2, -0.15) is 0 Å². The summed E-state index contributed by atoms with van der Waals surface area (Å²) >= 11 is 0. The quantitative estimate of drug-likeness (QED) is 0.931. The Kier molecular flexibility index (Phi) is 5.19. The average molecular weight is 304 g/mol. The number of benzene rings is 1. The number of rotatable bonds is 3. The number of likely N-dealkylation sites (tertiary alicyclic amines) is 1. The lowest BCUT2D eigenvalue weighted by molar-refractivity contribution is -0.123. The van der Waals surface area contributed by atoms with Crippen molar-refractivity contribution in [3.8, 4) is 0 Å². The van der Waals surface area contributed by atoms with Crippen LogP contribution in [0.4, 0.5) is 4.79 Å². The number of ketones is 1. The van der Waals surface area contributed by atoms with Crippen molar-refractivity contribution in [3.05, 3.63) is 35.9 Å². The van der Waals surface area contributed by atoms with Crippen molar-refractivity contribution in [1.82, 2.24) is 10.2 Å². The third-order valence-corrected chi connectivity index (χ3v) is 3.32. The molecule has 5 heteroatoms. The first-order chi connectivity index (χ1) is 10.3. The number of carbonyl (C=O) groups is 2. The van der Waals surface area contributed by atoms with Gasteiger partial charge < -0.3 is 10.1 Å². The van der Waals surface area contributed by atoms with E-state index < -0.39 is 11.7 Å². The molecule has 1 aromatic rings. The van der Waals surface area contributed by atoms with Crippen molar-refractivity contribution in [1.29, 1.82) is 0 Å². The molecule has 1 aliphatic rings. The molecule has 0 bridgehead atoms. The second kappa shape index (κ2) is 6.92. The maximum Gasteiger partial charge on any atom is 0.407 e. The van der Waals surface area contributed by atoms with Crippen LogP contribution in [-0.2, 0) is 16.1 Å². The Morgan fingerprint density at radius 3 is 2.64 bits per heavy atom. The minimum atomic E-state index is -0.535. The van der Waals surface area contributed by atoms with Gasteiger partial charge in [0, 0.05) is 19.5 Å². The minimum Gasteiger partial charge on any atom is -0.444 e. The summed E-state index contributed by atoms with van der Waals surface area (Å²) in [7, 11) is 0. The summed E-state index contributed by atoms with van der Waals surface area (Å²) in [6, 6.07) is 9.82. The van der Waals surface area contributed by atoms with Gasteiger partial charge in [-0.1, -0.05) is 30.3 Å². The molecule has 0 aliphatic carbocycles. The molecule has 0 aromatic heterocycles. The fourth-order valence-corrected chi connectivity index (χ4v) is 2.56. The minimum absolute atomic E-state index is 0.142. The molecule has 1 N–H and O–H groups in total. The van der Waals surface area contributed by atoms with Gasteiger partial charge in [-0.05, 0) is 26.3 Å². The number of hydrogen-bond donors (Lipinski definition) is 1. The highest BCUT2D eigenvalue weighted by molar-refractivity contribution is 5.82. The fraction of sp³-hybridized carbons (Fsp3) is 0.529. The van der Waals surface area contributed by atoms with Crippen LogP contribution in [0.25, 0.3) is 0 Å². The smallest absolute Gasteiger partial charge is 0.407 e. The molecule has 1 aliphatic heterocycles. The number of ether oxygens (including phenoxy) is 1. The van der Waals surface area contributed by atoms with Gasteiger partial charge in [-0.25, -0.2) is 4.79 Å². The molecule has 1 aromatic carbocycles. The van der Waals surface area contributed by atoms with Gasteiger partial charge in [0.1, 0.15) is 11.4 Å². The zero-order valence-electron chi connectivity index (χ0n) is 13.5. The fourth-order valence-electron chi connectivity index (χ4n) is 2.56. The molecular formula is C17H24N2O3. The lowest BCUT2D eigenvalue weighted by atomic mass is 10.0. The SMILES string of the molecule is CC(C)(C)OC(=O)NC1CC(=O)CN(Cc2ccccc2)C1. The molecule has 1 heterocycles. The van der Waals surface area contributed by atoms with Crippen LogP contribution in [0.15, 0.2) is 30.3 Å². The Hall–Kier alpha value is -1.88. The molecule has 5 nitrogen and oxygen atoms in total. The molecular weight excluding hydrogens is 280 g/mol. The summed E-state index contributed by atoms with van der Waals surface area (Å²) in [5, 5.41) is 2.80. The predicted octanol–water partition coefficient (Wildman–Crippen LogP) is 2.35. The third-order valence-electron chi connectivity index (χ3n) is 3.32. The highest BCUT2D eigenvalue weighted by Gasteiger charge is 2.28. The van der Waals surface area contributed by atoms with E-state index in [1.165, 1.54) is 0 Å². The summed E-state index contributed by atoms with van der Waals surface area (Å²) in [6.45, 7) is 7.25. The van der Waals surface area contributed by atoms with Crippen LogP contribution < -0.4 is 5.32 Å². The molecule has 2 rings (SSSR count). The summed E-state index contributed by atoms with van der Waals surface area (Å²) in [6.07, 6.45) is -0.100. The number of amides is 1. The van der Waals surface area contributed by atoms with Crippen molar-refractivity contribution in [3.63, 3.8) is 0 Å². The number of carbonyl (C=O) groups excluding carboxylic acids is 2. The van der Waals surface area contributed by atoms with Gasteiger partial charge in [0.15, 0.2) is 0 Å². The second-order valence-corrected chi connectivity index (χ2v) is 6.74. The van der Waals surface area contributed by atoms with Gasteiger partial charge in [-0.15, -0.1) is 0 Å². The molecule has 0 radical (unpaired) electrons. The molecule has 120 valence electrons. The van der Waals surface area contributed by atoms with Crippen molar-refractivity contribution in [2.45, 2.75) is 45.4 Å². The standard InChI is InChI=1S/C17H24N2O3/c1-17(2,3)22-16(21)18-14-9-15(20)12-19(11-14)10-13-7-5-4-6-8-13/h4-8,14H,9-12H2,1-3H3,(H,18,21). The summed E-state index contributed by atoms with van der Waals surface area (Å²) in [4.78, 5) is 25.8. The summed E-state index contributed by atoms with van der Waals surface area (Å²) < 4.78 is 5.25. The van der Waals surface area contributed by atoms with E-state index in [1.54, 1.807) is 0 Å². The van der Waals surface area contributed by atoms with Crippen molar-refractivity contribution in [2.24, 2.45) is 0 Å². The molecule has 1 fully saturated rings. The van der Waals surface area contributed by atoms with Crippen LogP contribution in [0.3, 0.4) is 0 Å². The Morgan fingerprint density at radius 1 is 1.32 bits per heavy atom. The molecule has 22 heavy (non-hydrogen) atoms. The predicted molar refractivity (Wildman–Crippen MR) is 84.5 cm³/mol. The zero-order chi connectivity index (χ0) is 16.2. The van der Waals surface area contributed by atoms with Gasteiger partial charge >= 0.3 is 6.09 Å². The van der Waals surface area contributed by atoms with E-state index in [4.69, 9.17) is 4.74 Å². The number of nitrogens with zero attached hydrogens (tertiary/aromatic N) is 1. The number of nitrogens with one attached hydrogen (secondary N) is 1. The molecule has 1 saturated heterocycles. The Balaban J connectivity index is 1.90. The van der Waals surface area contributed by atoms with Crippen molar-refractivity contribution < 1.29 is 14.3 Å². The first-order valence-corrected chi connectivity index (χ1v) is 7.59. The van der Waals surface area contributed by atoms with Crippen molar-refractivity contribution >= 4 is 11.9 Å². The largest absolute Gasteiger partial charge is 0.444 e. The van der Waals surface area contributed by atoms with E-state index in [0.717, 1.165) is 5.56 Å². The molecule has 0 saturated carbocycles. The van der Waals surface area contributed by atoms with Gasteiger partial charge in [0.2, 0.25) is 0 Å². The van der Waals surface area contributed by atoms with E-state index in [1.807, 2.05) is 51.1 Å². The topological polar surface area (TPSA) is 58.6 Å². The van der Waals surface area contributed by atoms with E-state index >= 15 is 0 Å². The van der Waals surface area contributed by atoms with Crippen LogP contribution >= 0.6 is 0 Å². The molecule has 1 atom stereocenters. The average Bonchev–Trinajstić information content (AvgIpc) is 2.36. The Morgan fingerprint density at radius 2 is 2.00 bits per heavy atom. The first-order valence-electron chi connectivity index (χ1n) is 7.59. The number of Topliss-reactive ketones (excluding diaryl/α,β-unsaturated/α-hetero) is 1. The summed E-state index contributed by atoms with van der Waals surface area (Å²) in [5.41, 5.74) is 0.625. The maximum atomic E-state index is 11.9. The van der Waals surface area contributed by atoms with Crippen LogP contribution in [0, 0.1) is 0 Å². The van der Waals surface area contributed by atoms with E-state index in [2.05, 4.69) is 10.2 Å². The first kappa shape index (κ1) is 16.5. The maximum absolute atomic E-state index is 11.9. The monoisotopic (exact) mass is 304 g/mol. The normalized spacial score (nSPS) is 19.8. The second-order valence-electron chi connectivity index (χ2n) is 6.74. The highest BCUT2D eigenvalue weighted by atomic mass is 16.6. The van der Waals surface area contributed by atoms with Crippen LogP contribution in [-0.4, -0.2) is 41.5 Å². The van der Waals surface area contributed by atoms with E-state index in [-0.39, 0.29) is 11.8 Å². The number of piperidine rings is 1. The van der Waals surface area contributed by atoms with E-state index in [0.29, 0.717) is 26.1 Å². The van der Waals surface area contributed by atoms with E-state index in [9.17, 15) is 9.59 Å². The number of alkyl carbamates (subject to hydrolysis) is 1. The van der Waals surface area contributed by atoms with Gasteiger partial charge in [-0.3, -0.25) is 9.69 Å². The Bertz CT molecular complexity index is 522. The zero-order valence-corrected chi connectivity index (χ0v) is 13.5. The highest BCUT2D eigenvalue weighted by Crippen LogP contribution is 2.13. The molecule has 1 unspecified atom stereocenters. The number of hydrogen-bond acceptors (Lipinski definition) is 4. The Labute approximate surface area is 131 Å². The van der Waals surface area contributed by atoms with Gasteiger partial charge in [0.25, 0.3) is 0 Å². The third kappa shape index (κ3) is 5.48. The summed E-state index contributed by atoms with van der Waals surface area (Å²) in [5.74, 6) is 0.142. The van der Waals surface area contributed by atoms with Crippen molar-refractivity contribution in [2.75, 3.05) is 13.1 Å². The lowest BCUT2D eigenvalue weighted by Crippen LogP contribution is -2.51. The van der Waals surface area contributed by atoms with Gasteiger partial charge in [0.05, 0.1) is 12.6 Å². The van der Waals surface area contributed by atoms with Crippen LogP contribution in [0.5, 0.6) is 0 Å². The molecule has 1 amide bonds. The van der Waals surface area contributed by atoms with Crippen LogP contribution in [0.2, 0.25) is 0 Å². The lowest BCUT2D eigenvalue weighted by Gasteiger charge is -2.32.